The van der Waals surface area contributed by atoms with Gasteiger partial charge in [-0.3, -0.25) is 9.78 Å². The van der Waals surface area contributed by atoms with Gasteiger partial charge in [-0.25, -0.2) is 4.98 Å². The first kappa shape index (κ1) is 39.6. The molecule has 7 heteroatoms. The van der Waals surface area contributed by atoms with Crippen LogP contribution in [-0.2, 0) is 30.3 Å². The van der Waals surface area contributed by atoms with Crippen molar-refractivity contribution in [1.82, 2.24) is 9.97 Å². The molecule has 50 heavy (non-hydrogen) atoms. The molecule has 3 aromatic heterocycles. The van der Waals surface area contributed by atoms with Crippen LogP contribution >= 0.6 is 22.7 Å². The third-order valence-corrected chi connectivity index (χ3v) is 12.4. The van der Waals surface area contributed by atoms with E-state index >= 15 is 0 Å². The SMILES string of the molecule is CCC(CC)C(=O)/C=C(\O)C(CC)CC.Cc1c(-c2sc3c(-c4[c-]c5ccccc5c(C(C)(C)C)c4)ncnc3c2C)sc2ccccc12.[Ir]. The first-order valence-corrected chi connectivity index (χ1v) is 19.2. The number of ketones is 1. The molecular weight excluding hydrogens is 833 g/mol. The first-order valence-electron chi connectivity index (χ1n) is 17.6. The van der Waals surface area contributed by atoms with E-state index < -0.39 is 0 Å². The van der Waals surface area contributed by atoms with E-state index in [1.807, 2.05) is 50.4 Å². The van der Waals surface area contributed by atoms with Gasteiger partial charge in [0.2, 0.25) is 0 Å². The van der Waals surface area contributed by atoms with Crippen LogP contribution in [0.5, 0.6) is 0 Å². The Balaban J connectivity index is 0.000000301. The van der Waals surface area contributed by atoms with E-state index in [0.29, 0.717) is 0 Å². The van der Waals surface area contributed by atoms with Gasteiger partial charge in [0, 0.05) is 62.9 Å². The Morgan fingerprint density at radius 3 is 2.06 bits per heavy atom. The predicted octanol–water partition coefficient (Wildman–Crippen LogP) is 13.0. The van der Waals surface area contributed by atoms with Gasteiger partial charge in [-0.2, -0.15) is 0 Å². The summed E-state index contributed by atoms with van der Waals surface area (Å²) < 4.78 is 2.47. The Kier molecular flexibility index (Phi) is 13.3. The number of aromatic nitrogens is 2. The average molecular weight is 882 g/mol. The molecular formula is C43H49IrN2O2S2-. The maximum Gasteiger partial charge on any atom is 0.162 e. The van der Waals surface area contributed by atoms with Gasteiger partial charge in [0.05, 0.1) is 11.3 Å². The molecule has 6 rings (SSSR count). The van der Waals surface area contributed by atoms with Crippen LogP contribution in [0.2, 0.25) is 0 Å². The van der Waals surface area contributed by atoms with E-state index in [1.165, 1.54) is 48.0 Å². The second kappa shape index (κ2) is 16.9. The number of thiophene rings is 2. The van der Waals surface area contributed by atoms with Crippen LogP contribution in [0.15, 0.2) is 72.8 Å². The molecule has 265 valence electrons. The normalized spacial score (nSPS) is 12.1. The van der Waals surface area contributed by atoms with Gasteiger partial charge in [-0.05, 0) is 67.5 Å². The zero-order chi connectivity index (χ0) is 35.5. The fraction of sp³-hybridized carbons (Fsp3) is 0.372. The summed E-state index contributed by atoms with van der Waals surface area (Å²) in [5.74, 6) is 0.547. The molecule has 0 saturated carbocycles. The quantitative estimate of drug-likeness (QED) is 0.0893. The van der Waals surface area contributed by atoms with Gasteiger partial charge in [0.15, 0.2) is 5.78 Å². The van der Waals surface area contributed by atoms with E-state index in [-0.39, 0.29) is 48.9 Å². The van der Waals surface area contributed by atoms with Crippen LogP contribution in [0, 0.1) is 31.7 Å². The maximum absolute atomic E-state index is 11.7. The summed E-state index contributed by atoms with van der Waals surface area (Å²) in [6.45, 7) is 19.3. The molecule has 0 fully saturated rings. The minimum absolute atomic E-state index is 0. The molecule has 1 radical (unpaired) electrons. The van der Waals surface area contributed by atoms with Crippen molar-refractivity contribution in [2.45, 2.75) is 93.4 Å². The number of aliphatic hydroxyl groups excluding tert-OH is 1. The van der Waals surface area contributed by atoms with Crippen molar-refractivity contribution < 1.29 is 30.0 Å². The molecule has 1 N–H and O–H groups in total. The van der Waals surface area contributed by atoms with Gasteiger partial charge in [-0.1, -0.05) is 95.8 Å². The summed E-state index contributed by atoms with van der Waals surface area (Å²) in [4.78, 5) is 23.9. The number of hydrogen-bond donors (Lipinski definition) is 1. The third kappa shape index (κ3) is 8.12. The molecule has 0 aliphatic heterocycles. The van der Waals surface area contributed by atoms with Crippen molar-refractivity contribution in [2.75, 3.05) is 0 Å². The summed E-state index contributed by atoms with van der Waals surface area (Å²) >= 11 is 3.68. The number of aryl methyl sites for hydroxylation is 2. The summed E-state index contributed by atoms with van der Waals surface area (Å²) in [6.07, 6.45) is 6.61. The number of aliphatic hydroxyl groups is 1. The molecule has 0 aliphatic rings. The number of rotatable bonds is 9. The Bertz CT molecular complexity index is 2130. The van der Waals surface area contributed by atoms with E-state index in [4.69, 9.17) is 9.97 Å². The van der Waals surface area contributed by atoms with Crippen molar-refractivity contribution in [3.05, 3.63) is 95.5 Å². The van der Waals surface area contributed by atoms with Gasteiger partial charge in [0.25, 0.3) is 0 Å². The summed E-state index contributed by atoms with van der Waals surface area (Å²) in [5.41, 5.74) is 6.96. The zero-order valence-electron chi connectivity index (χ0n) is 30.7. The number of carbonyl (C=O) groups excluding carboxylic acids is 1. The molecule has 0 spiro atoms. The average Bonchev–Trinajstić information content (AvgIpc) is 3.61. The molecule has 0 amide bonds. The molecule has 0 aliphatic carbocycles. The van der Waals surface area contributed by atoms with Crippen LogP contribution in [0.25, 0.3) is 52.1 Å². The maximum atomic E-state index is 11.7. The van der Waals surface area contributed by atoms with Crippen molar-refractivity contribution in [1.29, 1.82) is 0 Å². The first-order chi connectivity index (χ1) is 23.4. The van der Waals surface area contributed by atoms with Crippen molar-refractivity contribution in [2.24, 2.45) is 11.8 Å². The topological polar surface area (TPSA) is 63.1 Å². The minimum atomic E-state index is 0. The Labute approximate surface area is 319 Å². The third-order valence-electron chi connectivity index (χ3n) is 9.67. The Hall–Kier alpha value is -3.22. The molecule has 4 nitrogen and oxygen atoms in total. The van der Waals surface area contributed by atoms with Gasteiger partial charge < -0.3 is 5.11 Å². The summed E-state index contributed by atoms with van der Waals surface area (Å²) in [6, 6.07) is 23.2. The minimum Gasteiger partial charge on any atom is -0.512 e. The standard InChI is InChI=1S/C30H25N2S2.C13H24O2.Ir/c1-17-21-11-8-9-13-24(21)33-27(17)28-18(2)25-29(34-28)26(32-16-31-25)20-14-19-10-6-7-12-22(19)23(15-20)30(3,4)5;1-5-10(6-2)12(14)9-13(15)11(7-3)8-4;/h6-13,15-16H,1-5H3;9-11,14H,5-8H2,1-4H3;/q-1;;/b;12-9-;. The zero-order valence-corrected chi connectivity index (χ0v) is 34.8. The largest absolute Gasteiger partial charge is 0.512 e. The number of allylic oxidation sites excluding steroid dienone is 2. The van der Waals surface area contributed by atoms with Gasteiger partial charge in [-0.15, -0.1) is 51.8 Å². The number of carbonyl (C=O) groups is 1. The van der Waals surface area contributed by atoms with E-state index in [1.54, 1.807) is 6.33 Å². The number of benzene rings is 3. The number of fused-ring (bicyclic) bond motifs is 3. The second-order valence-corrected chi connectivity index (χ2v) is 16.0. The molecule has 0 atom stereocenters. The van der Waals surface area contributed by atoms with E-state index in [2.05, 4.69) is 95.3 Å². The van der Waals surface area contributed by atoms with E-state index in [0.717, 1.165) is 52.5 Å². The van der Waals surface area contributed by atoms with Crippen molar-refractivity contribution in [3.63, 3.8) is 0 Å². The predicted molar refractivity (Wildman–Crippen MR) is 212 cm³/mol. The summed E-state index contributed by atoms with van der Waals surface area (Å²) in [5, 5.41) is 13.5. The molecule has 3 heterocycles. The molecule has 0 saturated heterocycles. The smallest absolute Gasteiger partial charge is 0.162 e. The number of hydrogen-bond acceptors (Lipinski definition) is 6. The van der Waals surface area contributed by atoms with Crippen LogP contribution in [0.4, 0.5) is 0 Å². The monoisotopic (exact) mass is 882 g/mol. The van der Waals surface area contributed by atoms with Crippen LogP contribution < -0.4 is 0 Å². The number of nitrogens with zero attached hydrogens (tertiary/aromatic N) is 2. The Morgan fingerprint density at radius 1 is 0.840 bits per heavy atom. The second-order valence-electron chi connectivity index (χ2n) is 13.9. The molecule has 0 unspecified atom stereocenters. The van der Waals surface area contributed by atoms with Gasteiger partial charge >= 0.3 is 0 Å². The van der Waals surface area contributed by atoms with Crippen LogP contribution in [0.1, 0.15) is 90.8 Å². The fourth-order valence-corrected chi connectivity index (χ4v) is 9.30. The molecule has 3 aromatic carbocycles. The van der Waals surface area contributed by atoms with Crippen LogP contribution in [-0.4, -0.2) is 20.9 Å². The van der Waals surface area contributed by atoms with Crippen molar-refractivity contribution >= 4 is 59.5 Å². The molecule has 6 aromatic rings. The van der Waals surface area contributed by atoms with E-state index in [9.17, 15) is 9.90 Å². The van der Waals surface area contributed by atoms with Crippen LogP contribution in [0.3, 0.4) is 0 Å². The fourth-order valence-electron chi connectivity index (χ4n) is 6.58. The molecule has 0 bridgehead atoms. The van der Waals surface area contributed by atoms with Gasteiger partial charge in [0.1, 0.15) is 6.33 Å². The van der Waals surface area contributed by atoms with Crippen molar-refractivity contribution in [3.8, 4) is 21.0 Å². The summed E-state index contributed by atoms with van der Waals surface area (Å²) in [7, 11) is 0. The Morgan fingerprint density at radius 2 is 1.44 bits per heavy atom.